The Morgan fingerprint density at radius 2 is 1.57 bits per heavy atom. The van der Waals surface area contributed by atoms with Crippen molar-refractivity contribution in [1.82, 2.24) is 5.32 Å². The lowest BCUT2D eigenvalue weighted by molar-refractivity contribution is -0.384. The molecule has 0 radical (unpaired) electrons. The van der Waals surface area contributed by atoms with Gasteiger partial charge in [0.15, 0.2) is 23.0 Å². The first-order chi connectivity index (χ1) is 16.9. The van der Waals surface area contributed by atoms with E-state index in [4.69, 9.17) is 18.9 Å². The van der Waals surface area contributed by atoms with Crippen molar-refractivity contribution in [2.45, 2.75) is 26.5 Å². The number of rotatable bonds is 13. The van der Waals surface area contributed by atoms with Gasteiger partial charge < -0.3 is 24.3 Å². The van der Waals surface area contributed by atoms with E-state index in [1.807, 2.05) is 37.3 Å². The Labute approximate surface area is 213 Å². The summed E-state index contributed by atoms with van der Waals surface area (Å²) in [5, 5.41) is 14.3. The van der Waals surface area contributed by atoms with E-state index in [-0.39, 0.29) is 12.3 Å². The SMILES string of the molecule is CCOc1cc(CNCCc2ccc(OC)c(OC)c2)c(Br)cc1OCc1ccc([N+](=O)[O-])cc1. The van der Waals surface area contributed by atoms with Gasteiger partial charge in [-0.25, -0.2) is 0 Å². The van der Waals surface area contributed by atoms with Crippen molar-refractivity contribution in [2.24, 2.45) is 0 Å². The second-order valence-electron chi connectivity index (χ2n) is 7.65. The molecule has 35 heavy (non-hydrogen) atoms. The molecule has 0 aliphatic heterocycles. The number of halogens is 1. The number of ether oxygens (including phenoxy) is 4. The molecule has 0 atom stereocenters. The normalized spacial score (nSPS) is 10.6. The maximum absolute atomic E-state index is 10.8. The Hall–Kier alpha value is -3.30. The van der Waals surface area contributed by atoms with Crippen molar-refractivity contribution in [3.05, 3.63) is 85.9 Å². The van der Waals surface area contributed by atoms with Gasteiger partial charge in [0.1, 0.15) is 6.61 Å². The van der Waals surface area contributed by atoms with Crippen molar-refractivity contribution < 1.29 is 23.9 Å². The summed E-state index contributed by atoms with van der Waals surface area (Å²) in [5.41, 5.74) is 3.08. The highest BCUT2D eigenvalue weighted by atomic mass is 79.9. The van der Waals surface area contributed by atoms with Crippen LogP contribution in [0.2, 0.25) is 0 Å². The molecule has 3 aromatic carbocycles. The van der Waals surface area contributed by atoms with E-state index in [1.54, 1.807) is 26.4 Å². The van der Waals surface area contributed by atoms with Gasteiger partial charge in [-0.2, -0.15) is 0 Å². The molecule has 3 rings (SSSR count). The molecular formula is C26H29BrN2O6. The van der Waals surface area contributed by atoms with Crippen LogP contribution in [0.3, 0.4) is 0 Å². The molecule has 9 heteroatoms. The van der Waals surface area contributed by atoms with Crippen molar-refractivity contribution in [2.75, 3.05) is 27.4 Å². The molecule has 0 aliphatic carbocycles. The molecule has 0 bridgehead atoms. The van der Waals surface area contributed by atoms with E-state index >= 15 is 0 Å². The maximum Gasteiger partial charge on any atom is 0.269 e. The van der Waals surface area contributed by atoms with E-state index < -0.39 is 4.92 Å². The third-order valence-corrected chi connectivity index (χ3v) is 6.05. The molecule has 1 N–H and O–H groups in total. The average molecular weight is 545 g/mol. The molecule has 186 valence electrons. The molecule has 0 aromatic heterocycles. The third-order valence-electron chi connectivity index (χ3n) is 5.31. The molecule has 8 nitrogen and oxygen atoms in total. The fraction of sp³-hybridized carbons (Fsp3) is 0.308. The van der Waals surface area contributed by atoms with Gasteiger partial charge in [-0.1, -0.05) is 22.0 Å². The Balaban J connectivity index is 1.60. The number of methoxy groups -OCH3 is 2. The van der Waals surface area contributed by atoms with Gasteiger partial charge in [0, 0.05) is 23.2 Å². The topological polar surface area (TPSA) is 92.1 Å². The number of nitrogens with zero attached hydrogens (tertiary/aromatic N) is 1. The minimum atomic E-state index is -0.421. The van der Waals surface area contributed by atoms with Crippen LogP contribution in [-0.2, 0) is 19.6 Å². The molecule has 0 amide bonds. The Bertz CT molecular complexity index is 1140. The van der Waals surface area contributed by atoms with Gasteiger partial charge in [-0.05, 0) is 73.0 Å². The van der Waals surface area contributed by atoms with Crippen molar-refractivity contribution >= 4 is 21.6 Å². The van der Waals surface area contributed by atoms with Gasteiger partial charge in [0.25, 0.3) is 5.69 Å². The fourth-order valence-corrected chi connectivity index (χ4v) is 3.92. The molecule has 0 spiro atoms. The molecule has 0 saturated heterocycles. The predicted molar refractivity (Wildman–Crippen MR) is 138 cm³/mol. The van der Waals surface area contributed by atoms with Crippen LogP contribution in [0.1, 0.15) is 23.6 Å². The van der Waals surface area contributed by atoms with E-state index in [0.29, 0.717) is 30.4 Å². The van der Waals surface area contributed by atoms with Gasteiger partial charge in [0.2, 0.25) is 0 Å². The van der Waals surface area contributed by atoms with Crippen LogP contribution < -0.4 is 24.3 Å². The molecule has 3 aromatic rings. The number of benzene rings is 3. The first-order valence-electron chi connectivity index (χ1n) is 11.2. The van der Waals surface area contributed by atoms with Crippen LogP contribution in [0.15, 0.2) is 59.1 Å². The predicted octanol–water partition coefficient (Wildman–Crippen LogP) is 5.68. The smallest absolute Gasteiger partial charge is 0.269 e. The van der Waals surface area contributed by atoms with Crippen LogP contribution in [0.4, 0.5) is 5.69 Å². The number of non-ortho nitro benzene ring substituents is 1. The summed E-state index contributed by atoms with van der Waals surface area (Å²) in [7, 11) is 3.26. The van der Waals surface area contributed by atoms with Gasteiger partial charge in [-0.15, -0.1) is 0 Å². The Morgan fingerprint density at radius 1 is 0.886 bits per heavy atom. The van der Waals surface area contributed by atoms with E-state index in [1.165, 1.54) is 12.1 Å². The summed E-state index contributed by atoms with van der Waals surface area (Å²) in [6.45, 7) is 4.12. The largest absolute Gasteiger partial charge is 0.493 e. The van der Waals surface area contributed by atoms with Gasteiger partial charge in [-0.3, -0.25) is 10.1 Å². The summed E-state index contributed by atoms with van der Waals surface area (Å²) in [6, 6.07) is 16.1. The van der Waals surface area contributed by atoms with Gasteiger partial charge in [0.05, 0.1) is 25.7 Å². The third kappa shape index (κ3) is 7.34. The minimum Gasteiger partial charge on any atom is -0.493 e. The maximum atomic E-state index is 10.8. The lowest BCUT2D eigenvalue weighted by atomic mass is 10.1. The van der Waals surface area contributed by atoms with Crippen LogP contribution in [0.5, 0.6) is 23.0 Å². The standard InChI is InChI=1S/C26H29BrN2O6/c1-4-34-25-14-20(16-28-12-11-18-7-10-23(32-2)24(13-18)33-3)22(27)15-26(25)35-17-19-5-8-21(9-6-19)29(30)31/h5-10,13-15,28H,4,11-12,16-17H2,1-3H3. The Kier molecular flexibility index (Phi) is 9.75. The minimum absolute atomic E-state index is 0.0504. The van der Waals surface area contributed by atoms with Crippen molar-refractivity contribution in [3.63, 3.8) is 0 Å². The van der Waals surface area contributed by atoms with Crippen molar-refractivity contribution in [1.29, 1.82) is 0 Å². The number of hydrogen-bond donors (Lipinski definition) is 1. The second kappa shape index (κ2) is 13.0. The van der Waals surface area contributed by atoms with Crippen LogP contribution in [-0.4, -0.2) is 32.3 Å². The molecule has 0 heterocycles. The van der Waals surface area contributed by atoms with Crippen molar-refractivity contribution in [3.8, 4) is 23.0 Å². The highest BCUT2D eigenvalue weighted by Crippen LogP contribution is 2.34. The number of hydrogen-bond acceptors (Lipinski definition) is 7. The van der Waals surface area contributed by atoms with Crippen LogP contribution in [0, 0.1) is 10.1 Å². The quantitative estimate of drug-likeness (QED) is 0.168. The summed E-state index contributed by atoms with van der Waals surface area (Å²) in [6.07, 6.45) is 0.840. The van der Waals surface area contributed by atoms with E-state index in [2.05, 4.69) is 21.2 Å². The highest BCUT2D eigenvalue weighted by molar-refractivity contribution is 9.10. The van der Waals surface area contributed by atoms with E-state index in [9.17, 15) is 10.1 Å². The molecule has 0 fully saturated rings. The lowest BCUT2D eigenvalue weighted by Crippen LogP contribution is -2.17. The molecule has 0 unspecified atom stereocenters. The zero-order chi connectivity index (χ0) is 25.2. The monoisotopic (exact) mass is 544 g/mol. The zero-order valence-corrected chi connectivity index (χ0v) is 21.6. The highest BCUT2D eigenvalue weighted by Gasteiger charge is 2.12. The fourth-order valence-electron chi connectivity index (χ4n) is 3.46. The molecule has 0 saturated carbocycles. The second-order valence-corrected chi connectivity index (χ2v) is 8.51. The number of nitro benzene ring substituents is 1. The van der Waals surface area contributed by atoms with E-state index in [0.717, 1.165) is 39.9 Å². The first-order valence-corrected chi connectivity index (χ1v) is 12.0. The summed E-state index contributed by atoms with van der Waals surface area (Å²) < 4.78 is 23.3. The zero-order valence-electron chi connectivity index (χ0n) is 20.0. The number of nitro groups is 1. The summed E-state index contributed by atoms with van der Waals surface area (Å²) in [5.74, 6) is 2.69. The number of nitrogens with one attached hydrogen (secondary N) is 1. The first kappa shape index (κ1) is 26.3. The van der Waals surface area contributed by atoms with Crippen LogP contribution >= 0.6 is 15.9 Å². The van der Waals surface area contributed by atoms with Crippen LogP contribution in [0.25, 0.3) is 0 Å². The summed E-state index contributed by atoms with van der Waals surface area (Å²) >= 11 is 3.63. The molecular weight excluding hydrogens is 516 g/mol. The molecule has 0 aliphatic rings. The average Bonchev–Trinajstić information content (AvgIpc) is 2.87. The lowest BCUT2D eigenvalue weighted by Gasteiger charge is -2.16. The summed E-state index contributed by atoms with van der Waals surface area (Å²) in [4.78, 5) is 10.4. The Morgan fingerprint density at radius 3 is 2.23 bits per heavy atom. The van der Waals surface area contributed by atoms with Gasteiger partial charge >= 0.3 is 0 Å².